The molecule has 1 aromatic heterocycles. The lowest BCUT2D eigenvalue weighted by molar-refractivity contribution is 0.0692. The lowest BCUT2D eigenvalue weighted by Gasteiger charge is -2.29. The third-order valence-electron chi connectivity index (χ3n) is 5.11. The van der Waals surface area contributed by atoms with Crippen molar-refractivity contribution in [1.29, 1.82) is 0 Å². The van der Waals surface area contributed by atoms with Crippen molar-refractivity contribution in [2.75, 3.05) is 6.61 Å². The molecule has 5 nitrogen and oxygen atoms in total. The zero-order valence-electron chi connectivity index (χ0n) is 16.0. The first kappa shape index (κ1) is 21.0. The fraction of sp³-hybridized carbons (Fsp3) is 0.273. The Kier molecular flexibility index (Phi) is 6.05. The van der Waals surface area contributed by atoms with Gasteiger partial charge in [-0.1, -0.05) is 49.7 Å². The van der Waals surface area contributed by atoms with Gasteiger partial charge in [0.2, 0.25) is 5.43 Å². The summed E-state index contributed by atoms with van der Waals surface area (Å²) >= 11 is 5.89. The highest BCUT2D eigenvalue weighted by molar-refractivity contribution is 6.30. The van der Waals surface area contributed by atoms with Crippen LogP contribution < -0.4 is 5.43 Å². The van der Waals surface area contributed by atoms with Crippen LogP contribution in [0, 0.1) is 11.7 Å². The fourth-order valence-electron chi connectivity index (χ4n) is 3.64. The van der Waals surface area contributed by atoms with E-state index < -0.39 is 28.8 Å². The van der Waals surface area contributed by atoms with E-state index in [1.807, 2.05) is 13.8 Å². The highest BCUT2D eigenvalue weighted by atomic mass is 35.5. The first-order chi connectivity index (χ1) is 13.8. The standard InChI is InChI=1S/C22H21ClFNO4/c1-12(2)18(11-26)25-16-9-4-3-7-14(16)21(27)19(22(28)29)17(25)10-13-6-5-8-15(23)20(13)24/h3-9,12,18,26H,10-11H2,1-2H3,(H,28,29). The van der Waals surface area contributed by atoms with Crippen molar-refractivity contribution >= 4 is 28.5 Å². The molecule has 0 amide bonds. The molecule has 152 valence electrons. The number of aromatic nitrogens is 1. The second-order valence-electron chi connectivity index (χ2n) is 7.23. The Morgan fingerprint density at radius 1 is 1.17 bits per heavy atom. The van der Waals surface area contributed by atoms with Crippen LogP contribution in [0.15, 0.2) is 47.3 Å². The van der Waals surface area contributed by atoms with Crippen LogP contribution in [-0.4, -0.2) is 27.4 Å². The third-order valence-corrected chi connectivity index (χ3v) is 5.40. The lowest BCUT2D eigenvalue weighted by atomic mass is 9.97. The molecule has 1 unspecified atom stereocenters. The van der Waals surface area contributed by atoms with Crippen LogP contribution in [0.4, 0.5) is 4.39 Å². The molecule has 1 heterocycles. The number of carboxylic acids is 1. The second kappa shape index (κ2) is 8.35. The number of benzene rings is 2. The average Bonchev–Trinajstić information content (AvgIpc) is 2.67. The number of nitrogens with zero attached hydrogens (tertiary/aromatic N) is 1. The zero-order valence-corrected chi connectivity index (χ0v) is 16.8. The Balaban J connectivity index is 2.45. The first-order valence-electron chi connectivity index (χ1n) is 9.21. The Morgan fingerprint density at radius 3 is 2.48 bits per heavy atom. The highest BCUT2D eigenvalue weighted by Crippen LogP contribution is 2.29. The summed E-state index contributed by atoms with van der Waals surface area (Å²) in [6, 6.07) is 10.6. The highest BCUT2D eigenvalue weighted by Gasteiger charge is 2.27. The van der Waals surface area contributed by atoms with Crippen molar-refractivity contribution in [3.05, 3.63) is 80.3 Å². The minimum Gasteiger partial charge on any atom is -0.477 e. The van der Waals surface area contributed by atoms with E-state index in [1.165, 1.54) is 12.1 Å². The summed E-state index contributed by atoms with van der Waals surface area (Å²) in [5.41, 5.74) is -0.268. The van der Waals surface area contributed by atoms with Gasteiger partial charge in [0.05, 0.1) is 23.2 Å². The number of hydrogen-bond donors (Lipinski definition) is 2. The number of aliphatic hydroxyl groups excluding tert-OH is 1. The fourth-order valence-corrected chi connectivity index (χ4v) is 3.83. The molecular weight excluding hydrogens is 397 g/mol. The van der Waals surface area contributed by atoms with Crippen LogP contribution >= 0.6 is 11.6 Å². The predicted octanol–water partition coefficient (Wildman–Crippen LogP) is 4.27. The van der Waals surface area contributed by atoms with E-state index in [2.05, 4.69) is 0 Å². The lowest BCUT2D eigenvalue weighted by Crippen LogP contribution is -2.30. The van der Waals surface area contributed by atoms with E-state index in [4.69, 9.17) is 11.6 Å². The van der Waals surface area contributed by atoms with Gasteiger partial charge in [-0.2, -0.15) is 0 Å². The topological polar surface area (TPSA) is 79.5 Å². The number of rotatable bonds is 6. The molecule has 2 aromatic carbocycles. The largest absolute Gasteiger partial charge is 0.477 e. The van der Waals surface area contributed by atoms with E-state index >= 15 is 0 Å². The van der Waals surface area contributed by atoms with Crippen molar-refractivity contribution in [2.45, 2.75) is 26.3 Å². The molecule has 0 spiro atoms. The monoisotopic (exact) mass is 417 g/mol. The Hall–Kier alpha value is -2.70. The summed E-state index contributed by atoms with van der Waals surface area (Å²) in [5.74, 6) is -2.13. The molecule has 29 heavy (non-hydrogen) atoms. The molecule has 0 saturated heterocycles. The van der Waals surface area contributed by atoms with Crippen molar-refractivity contribution in [3.8, 4) is 0 Å². The van der Waals surface area contributed by atoms with Crippen LogP contribution in [-0.2, 0) is 6.42 Å². The molecule has 0 saturated carbocycles. The Labute approximate surface area is 172 Å². The number of carbonyl (C=O) groups is 1. The number of aliphatic hydroxyl groups is 1. The molecule has 0 aliphatic carbocycles. The van der Waals surface area contributed by atoms with Gasteiger partial charge in [-0.15, -0.1) is 0 Å². The number of aromatic carboxylic acids is 1. The number of fused-ring (bicyclic) bond motifs is 1. The maximum Gasteiger partial charge on any atom is 0.341 e. The molecule has 0 radical (unpaired) electrons. The van der Waals surface area contributed by atoms with Crippen LogP contribution in [0.2, 0.25) is 5.02 Å². The van der Waals surface area contributed by atoms with Crippen LogP contribution in [0.5, 0.6) is 0 Å². The molecule has 3 aromatic rings. The van der Waals surface area contributed by atoms with Gasteiger partial charge in [0.1, 0.15) is 11.4 Å². The van der Waals surface area contributed by atoms with Gasteiger partial charge in [0.25, 0.3) is 0 Å². The Morgan fingerprint density at radius 2 is 1.86 bits per heavy atom. The molecule has 3 rings (SSSR count). The third kappa shape index (κ3) is 3.78. The van der Waals surface area contributed by atoms with Crippen molar-refractivity contribution in [1.82, 2.24) is 4.57 Å². The van der Waals surface area contributed by atoms with Crippen LogP contribution in [0.3, 0.4) is 0 Å². The number of hydrogen-bond acceptors (Lipinski definition) is 3. The molecule has 7 heteroatoms. The molecule has 1 atom stereocenters. The number of pyridine rings is 1. The number of halogens is 2. The summed E-state index contributed by atoms with van der Waals surface area (Å²) in [6.45, 7) is 3.50. The van der Waals surface area contributed by atoms with Gasteiger partial charge < -0.3 is 14.8 Å². The normalized spacial score (nSPS) is 12.5. The molecule has 2 N–H and O–H groups in total. The molecule has 0 aliphatic rings. The van der Waals surface area contributed by atoms with Gasteiger partial charge in [0.15, 0.2) is 0 Å². The maximum absolute atomic E-state index is 14.6. The Bertz CT molecular complexity index is 1140. The van der Waals surface area contributed by atoms with E-state index in [-0.39, 0.29) is 40.6 Å². The van der Waals surface area contributed by atoms with E-state index in [9.17, 15) is 24.2 Å². The average molecular weight is 418 g/mol. The predicted molar refractivity (Wildman–Crippen MR) is 110 cm³/mol. The van der Waals surface area contributed by atoms with Gasteiger partial charge in [-0.25, -0.2) is 9.18 Å². The SMILES string of the molecule is CC(C)C(CO)n1c(Cc2cccc(Cl)c2F)c(C(=O)O)c(=O)c2ccccc21. The van der Waals surface area contributed by atoms with Gasteiger partial charge in [-0.3, -0.25) is 4.79 Å². The van der Waals surface area contributed by atoms with E-state index in [0.29, 0.717) is 5.52 Å². The minimum atomic E-state index is -1.40. The second-order valence-corrected chi connectivity index (χ2v) is 7.63. The first-order valence-corrected chi connectivity index (χ1v) is 9.58. The molecule has 0 bridgehead atoms. The molecular formula is C22H21ClFNO4. The van der Waals surface area contributed by atoms with Crippen molar-refractivity contribution in [3.63, 3.8) is 0 Å². The zero-order chi connectivity index (χ0) is 21.3. The molecule has 0 aliphatic heterocycles. The number of carboxylic acid groups (broad SMARTS) is 1. The van der Waals surface area contributed by atoms with Gasteiger partial charge in [0, 0.05) is 17.5 Å². The minimum absolute atomic E-state index is 0.0736. The maximum atomic E-state index is 14.6. The van der Waals surface area contributed by atoms with Crippen LogP contribution in [0.25, 0.3) is 10.9 Å². The summed E-state index contributed by atoms with van der Waals surface area (Å²) in [4.78, 5) is 25.1. The van der Waals surface area contributed by atoms with Gasteiger partial charge >= 0.3 is 5.97 Å². The van der Waals surface area contributed by atoms with E-state index in [0.717, 1.165) is 0 Å². The summed E-state index contributed by atoms with van der Waals surface area (Å²) < 4.78 is 16.2. The summed E-state index contributed by atoms with van der Waals surface area (Å²) in [5, 5.41) is 20.0. The smallest absolute Gasteiger partial charge is 0.341 e. The van der Waals surface area contributed by atoms with Crippen LogP contribution in [0.1, 0.15) is 41.5 Å². The summed E-state index contributed by atoms with van der Waals surface area (Å²) in [6.07, 6.45) is -0.155. The van der Waals surface area contributed by atoms with Gasteiger partial charge in [-0.05, 0) is 29.7 Å². The van der Waals surface area contributed by atoms with E-state index in [1.54, 1.807) is 34.9 Å². The quantitative estimate of drug-likeness (QED) is 0.627. The summed E-state index contributed by atoms with van der Waals surface area (Å²) in [7, 11) is 0. The van der Waals surface area contributed by atoms with Crippen molar-refractivity contribution in [2.24, 2.45) is 5.92 Å². The van der Waals surface area contributed by atoms with Crippen molar-refractivity contribution < 1.29 is 19.4 Å². The number of para-hydroxylation sites is 1. The molecule has 0 fully saturated rings.